The predicted octanol–water partition coefficient (Wildman–Crippen LogP) is 0.953. The number of aromatic nitrogens is 4. The number of pyridine rings is 2. The molecular formula is C21H19N5O4. The molecule has 0 radical (unpaired) electrons. The fourth-order valence-electron chi connectivity index (χ4n) is 3.20. The number of nitrogens with zero attached hydrogens (tertiary/aromatic N) is 4. The highest BCUT2D eigenvalue weighted by Gasteiger charge is 2.16. The fraction of sp³-hybridized carbons (Fsp3) is 0.190. The number of carbonyl (C=O) groups is 1. The van der Waals surface area contributed by atoms with Crippen molar-refractivity contribution >= 4 is 17.1 Å². The molecule has 0 bridgehead atoms. The van der Waals surface area contributed by atoms with Gasteiger partial charge in [-0.15, -0.1) is 0 Å². The van der Waals surface area contributed by atoms with E-state index >= 15 is 0 Å². The number of hydrogen-bond acceptors (Lipinski definition) is 6. The molecule has 1 amide bonds. The molecule has 1 N–H and O–H groups in total. The van der Waals surface area contributed by atoms with Crippen LogP contribution in [0, 0.1) is 0 Å². The van der Waals surface area contributed by atoms with E-state index in [1.54, 1.807) is 55.2 Å². The molecule has 30 heavy (non-hydrogen) atoms. The summed E-state index contributed by atoms with van der Waals surface area (Å²) < 4.78 is 7.71. The molecule has 4 rings (SSSR count). The average Bonchev–Trinajstić information content (AvgIpc) is 3.28. The van der Waals surface area contributed by atoms with Gasteiger partial charge in [0.2, 0.25) is 5.91 Å². The largest absolute Gasteiger partial charge is 0.469 e. The zero-order valence-electron chi connectivity index (χ0n) is 16.0. The normalized spacial score (nSPS) is 10.9. The molecule has 0 aliphatic carbocycles. The maximum absolute atomic E-state index is 12.8. The van der Waals surface area contributed by atoms with Crippen LogP contribution in [-0.2, 0) is 24.3 Å². The van der Waals surface area contributed by atoms with Crippen molar-refractivity contribution < 1.29 is 9.21 Å². The van der Waals surface area contributed by atoms with Crippen molar-refractivity contribution in [3.63, 3.8) is 0 Å². The molecular weight excluding hydrogens is 386 g/mol. The lowest BCUT2D eigenvalue weighted by atomic mass is 10.2. The van der Waals surface area contributed by atoms with Crippen molar-refractivity contribution in [2.75, 3.05) is 6.54 Å². The molecule has 0 unspecified atom stereocenters. The monoisotopic (exact) mass is 405 g/mol. The van der Waals surface area contributed by atoms with Gasteiger partial charge >= 0.3 is 11.1 Å². The third-order valence-corrected chi connectivity index (χ3v) is 4.65. The van der Waals surface area contributed by atoms with Gasteiger partial charge in [0.25, 0.3) is 0 Å². The average molecular weight is 405 g/mol. The first-order valence-electron chi connectivity index (χ1n) is 9.40. The number of carbonyl (C=O) groups excluding carboxylic acids is 1. The summed E-state index contributed by atoms with van der Waals surface area (Å²) in [6, 6.07) is 10.4. The Bertz CT molecular complexity index is 1280. The van der Waals surface area contributed by atoms with Gasteiger partial charge in [-0.25, -0.2) is 4.98 Å². The first kappa shape index (κ1) is 19.3. The summed E-state index contributed by atoms with van der Waals surface area (Å²) in [5, 5.41) is 2.74. The number of amides is 1. The second-order valence-electron chi connectivity index (χ2n) is 6.66. The number of nitrogens with one attached hydrogen (secondary N) is 1. The SMILES string of the molecule is O=C(Cn1c(=O)c(=O)n(Cc2ccncc2)c2ncccc21)NCCc1ccco1. The van der Waals surface area contributed by atoms with Crippen LogP contribution in [0.3, 0.4) is 0 Å². The van der Waals surface area contributed by atoms with E-state index in [2.05, 4.69) is 15.3 Å². The van der Waals surface area contributed by atoms with Gasteiger partial charge in [-0.2, -0.15) is 0 Å². The van der Waals surface area contributed by atoms with Crippen molar-refractivity contribution in [2.45, 2.75) is 19.5 Å². The van der Waals surface area contributed by atoms with Crippen molar-refractivity contribution in [3.05, 3.63) is 93.3 Å². The smallest absolute Gasteiger partial charge is 0.318 e. The summed E-state index contributed by atoms with van der Waals surface area (Å²) in [4.78, 5) is 46.2. The summed E-state index contributed by atoms with van der Waals surface area (Å²) in [6.07, 6.45) is 6.87. The highest BCUT2D eigenvalue weighted by atomic mass is 16.3. The Balaban J connectivity index is 1.62. The molecule has 0 saturated heterocycles. The molecule has 0 spiro atoms. The molecule has 0 saturated carbocycles. The zero-order chi connectivity index (χ0) is 20.9. The number of fused-ring (bicyclic) bond motifs is 1. The lowest BCUT2D eigenvalue weighted by Gasteiger charge is -2.14. The van der Waals surface area contributed by atoms with Crippen LogP contribution in [0.4, 0.5) is 0 Å². The van der Waals surface area contributed by atoms with E-state index in [0.717, 1.165) is 15.9 Å². The fourth-order valence-corrected chi connectivity index (χ4v) is 3.20. The maximum Gasteiger partial charge on any atom is 0.318 e. The third-order valence-electron chi connectivity index (χ3n) is 4.65. The standard InChI is InChI=1S/C21H19N5O4/c27-18(23-11-7-16-3-2-12-30-16)14-25-17-4-1-8-24-19(17)26(21(29)20(25)28)13-15-5-9-22-10-6-15/h1-6,8-10,12H,7,11,13-14H2,(H,23,27). The Morgan fingerprint density at radius 3 is 2.57 bits per heavy atom. The van der Waals surface area contributed by atoms with Crippen LogP contribution in [0.25, 0.3) is 11.2 Å². The Morgan fingerprint density at radius 1 is 1.00 bits per heavy atom. The first-order chi connectivity index (χ1) is 14.6. The minimum Gasteiger partial charge on any atom is -0.469 e. The summed E-state index contributed by atoms with van der Waals surface area (Å²) in [5.74, 6) is 0.376. The highest BCUT2D eigenvalue weighted by Crippen LogP contribution is 2.09. The van der Waals surface area contributed by atoms with Crippen LogP contribution in [0.2, 0.25) is 0 Å². The van der Waals surface area contributed by atoms with Crippen LogP contribution >= 0.6 is 0 Å². The lowest BCUT2D eigenvalue weighted by Crippen LogP contribution is -2.44. The third kappa shape index (κ3) is 4.04. The molecule has 152 valence electrons. The summed E-state index contributed by atoms with van der Waals surface area (Å²) >= 11 is 0. The second kappa shape index (κ2) is 8.56. The van der Waals surface area contributed by atoms with E-state index in [9.17, 15) is 14.4 Å². The molecule has 9 nitrogen and oxygen atoms in total. The topological polar surface area (TPSA) is 112 Å². The Hall–Kier alpha value is -4.01. The summed E-state index contributed by atoms with van der Waals surface area (Å²) in [6.45, 7) is 0.265. The number of hydrogen-bond donors (Lipinski definition) is 1. The first-order valence-corrected chi connectivity index (χ1v) is 9.40. The van der Waals surface area contributed by atoms with Crippen LogP contribution in [0.5, 0.6) is 0 Å². The van der Waals surface area contributed by atoms with Crippen LogP contribution in [0.15, 0.2) is 75.3 Å². The molecule has 0 aromatic carbocycles. The van der Waals surface area contributed by atoms with Crippen LogP contribution in [0.1, 0.15) is 11.3 Å². The Kier molecular flexibility index (Phi) is 5.51. The van der Waals surface area contributed by atoms with Gasteiger partial charge in [0.1, 0.15) is 12.3 Å². The van der Waals surface area contributed by atoms with Gasteiger partial charge in [0.05, 0.1) is 18.3 Å². The zero-order valence-corrected chi connectivity index (χ0v) is 16.0. The van der Waals surface area contributed by atoms with Gasteiger partial charge in [0, 0.05) is 31.6 Å². The van der Waals surface area contributed by atoms with Crippen LogP contribution < -0.4 is 16.4 Å². The minimum absolute atomic E-state index is 0.181. The molecule has 4 heterocycles. The van der Waals surface area contributed by atoms with E-state index in [1.807, 2.05) is 6.07 Å². The molecule has 4 aromatic rings. The molecule has 0 atom stereocenters. The van der Waals surface area contributed by atoms with E-state index in [-0.39, 0.29) is 19.0 Å². The lowest BCUT2D eigenvalue weighted by molar-refractivity contribution is -0.121. The van der Waals surface area contributed by atoms with Crippen LogP contribution in [-0.4, -0.2) is 31.6 Å². The van der Waals surface area contributed by atoms with E-state index in [1.165, 1.54) is 4.57 Å². The maximum atomic E-state index is 12.8. The second-order valence-corrected chi connectivity index (χ2v) is 6.66. The van der Waals surface area contributed by atoms with Gasteiger partial charge in [0.15, 0.2) is 5.65 Å². The van der Waals surface area contributed by atoms with E-state index < -0.39 is 11.1 Å². The van der Waals surface area contributed by atoms with Crippen molar-refractivity contribution in [3.8, 4) is 0 Å². The molecule has 4 aromatic heterocycles. The van der Waals surface area contributed by atoms with Gasteiger partial charge in [-0.3, -0.25) is 28.5 Å². The Labute approximate surface area is 170 Å². The number of rotatable bonds is 7. The van der Waals surface area contributed by atoms with Crippen molar-refractivity contribution in [1.82, 2.24) is 24.4 Å². The Morgan fingerprint density at radius 2 is 1.80 bits per heavy atom. The van der Waals surface area contributed by atoms with Gasteiger partial charge in [-0.1, -0.05) is 0 Å². The molecule has 0 aliphatic rings. The van der Waals surface area contributed by atoms with Crippen molar-refractivity contribution in [1.29, 1.82) is 0 Å². The van der Waals surface area contributed by atoms with E-state index in [4.69, 9.17) is 4.42 Å². The predicted molar refractivity (Wildman–Crippen MR) is 109 cm³/mol. The van der Waals surface area contributed by atoms with Crippen molar-refractivity contribution in [2.24, 2.45) is 0 Å². The highest BCUT2D eigenvalue weighted by molar-refractivity contribution is 5.78. The summed E-state index contributed by atoms with van der Waals surface area (Å²) in [7, 11) is 0. The number of furan rings is 1. The summed E-state index contributed by atoms with van der Waals surface area (Å²) in [5.41, 5.74) is 0.0543. The minimum atomic E-state index is -0.772. The van der Waals surface area contributed by atoms with E-state index in [0.29, 0.717) is 24.1 Å². The molecule has 9 heteroatoms. The van der Waals surface area contributed by atoms with Gasteiger partial charge < -0.3 is 9.73 Å². The quantitative estimate of drug-likeness (QED) is 0.458. The van der Waals surface area contributed by atoms with Gasteiger partial charge in [-0.05, 0) is 42.0 Å². The molecule has 0 aliphatic heterocycles. The molecule has 0 fully saturated rings.